The van der Waals surface area contributed by atoms with Gasteiger partial charge in [-0.25, -0.2) is 0 Å². The highest BCUT2D eigenvalue weighted by molar-refractivity contribution is 6.30. The highest BCUT2D eigenvalue weighted by atomic mass is 35.5. The van der Waals surface area contributed by atoms with Crippen molar-refractivity contribution in [3.05, 3.63) is 34.9 Å². The van der Waals surface area contributed by atoms with Gasteiger partial charge in [-0.3, -0.25) is 4.90 Å². The van der Waals surface area contributed by atoms with Crippen LogP contribution in [-0.4, -0.2) is 53.1 Å². The van der Waals surface area contributed by atoms with E-state index in [1.54, 1.807) is 18.2 Å². The third-order valence-electron chi connectivity index (χ3n) is 2.78. The molecule has 0 aliphatic carbocycles. The van der Waals surface area contributed by atoms with Crippen LogP contribution in [0.5, 0.6) is 0 Å². The molecular weight excluding hydrogens is 254 g/mol. The quantitative estimate of drug-likeness (QED) is 0.663. The van der Waals surface area contributed by atoms with Crippen LogP contribution in [0.4, 0.5) is 0 Å². The Morgan fingerprint density at radius 1 is 1.11 bits per heavy atom. The van der Waals surface area contributed by atoms with Crippen molar-refractivity contribution in [2.45, 2.75) is 12.5 Å². The summed E-state index contributed by atoms with van der Waals surface area (Å²) in [6, 6.07) is 7.15. The molecule has 102 valence electrons. The van der Waals surface area contributed by atoms with Gasteiger partial charge in [0.15, 0.2) is 0 Å². The monoisotopic (exact) mass is 273 g/mol. The molecule has 0 saturated heterocycles. The van der Waals surface area contributed by atoms with Gasteiger partial charge in [-0.1, -0.05) is 23.7 Å². The molecule has 1 aromatic carbocycles. The van der Waals surface area contributed by atoms with Crippen LogP contribution in [0.1, 0.15) is 18.1 Å². The molecular formula is C13H20ClNO3. The lowest BCUT2D eigenvalue weighted by molar-refractivity contribution is 0.118. The molecule has 5 heteroatoms. The molecule has 1 rings (SSSR count). The Kier molecular flexibility index (Phi) is 7.23. The van der Waals surface area contributed by atoms with Crippen molar-refractivity contribution in [3.8, 4) is 0 Å². The number of aliphatic hydroxyl groups excluding tert-OH is 3. The van der Waals surface area contributed by atoms with Gasteiger partial charge >= 0.3 is 0 Å². The van der Waals surface area contributed by atoms with Gasteiger partial charge in [-0.2, -0.15) is 0 Å². The van der Waals surface area contributed by atoms with Crippen molar-refractivity contribution in [2.75, 3.05) is 32.8 Å². The zero-order chi connectivity index (χ0) is 13.4. The van der Waals surface area contributed by atoms with Gasteiger partial charge in [-0.05, 0) is 24.1 Å². The lowest BCUT2D eigenvalue weighted by Crippen LogP contribution is -2.31. The molecule has 0 aliphatic heterocycles. The maximum atomic E-state index is 10.0. The van der Waals surface area contributed by atoms with Crippen molar-refractivity contribution in [3.63, 3.8) is 0 Å². The summed E-state index contributed by atoms with van der Waals surface area (Å²) in [5, 5.41) is 28.4. The highest BCUT2D eigenvalue weighted by Crippen LogP contribution is 2.20. The molecule has 18 heavy (non-hydrogen) atoms. The molecule has 3 N–H and O–H groups in total. The average molecular weight is 274 g/mol. The standard InChI is InChI=1S/C13H20ClNO3/c14-12-3-1-2-11(10-12)13(18)4-5-15(6-8-16)7-9-17/h1-3,10,13,16-18H,4-9H2. The molecule has 0 aliphatic rings. The Balaban J connectivity index is 2.46. The van der Waals surface area contributed by atoms with E-state index in [0.29, 0.717) is 31.1 Å². The second-order valence-corrected chi connectivity index (χ2v) is 4.58. The number of hydrogen-bond acceptors (Lipinski definition) is 4. The van der Waals surface area contributed by atoms with Crippen LogP contribution in [0.25, 0.3) is 0 Å². The van der Waals surface area contributed by atoms with E-state index in [-0.39, 0.29) is 13.2 Å². The number of halogens is 1. The van der Waals surface area contributed by atoms with Crippen molar-refractivity contribution in [2.24, 2.45) is 0 Å². The molecule has 4 nitrogen and oxygen atoms in total. The fraction of sp³-hybridized carbons (Fsp3) is 0.538. The third kappa shape index (κ3) is 5.33. The zero-order valence-corrected chi connectivity index (χ0v) is 11.1. The first-order valence-corrected chi connectivity index (χ1v) is 6.42. The first-order chi connectivity index (χ1) is 8.67. The summed E-state index contributed by atoms with van der Waals surface area (Å²) in [6.07, 6.45) is -0.0380. The van der Waals surface area contributed by atoms with Crippen molar-refractivity contribution >= 4 is 11.6 Å². The van der Waals surface area contributed by atoms with Crippen LogP contribution in [0.2, 0.25) is 5.02 Å². The fourth-order valence-corrected chi connectivity index (χ4v) is 2.00. The third-order valence-corrected chi connectivity index (χ3v) is 3.02. The number of nitrogens with zero attached hydrogens (tertiary/aromatic N) is 1. The molecule has 0 spiro atoms. The van der Waals surface area contributed by atoms with E-state index in [1.807, 2.05) is 11.0 Å². The van der Waals surface area contributed by atoms with Gasteiger partial charge in [-0.15, -0.1) is 0 Å². The topological polar surface area (TPSA) is 63.9 Å². The predicted octanol–water partition coefficient (Wildman–Crippen LogP) is 1.05. The molecule has 1 unspecified atom stereocenters. The maximum absolute atomic E-state index is 10.0. The van der Waals surface area contributed by atoms with Crippen LogP contribution in [-0.2, 0) is 0 Å². The van der Waals surface area contributed by atoms with Crippen LogP contribution in [0.15, 0.2) is 24.3 Å². The molecule has 0 fully saturated rings. The first kappa shape index (κ1) is 15.4. The Morgan fingerprint density at radius 3 is 2.33 bits per heavy atom. The fourth-order valence-electron chi connectivity index (χ4n) is 1.80. The average Bonchev–Trinajstić information content (AvgIpc) is 2.36. The van der Waals surface area contributed by atoms with Gasteiger partial charge in [0.2, 0.25) is 0 Å². The Morgan fingerprint density at radius 2 is 1.78 bits per heavy atom. The smallest absolute Gasteiger partial charge is 0.0802 e. The number of hydrogen-bond donors (Lipinski definition) is 3. The molecule has 1 atom stereocenters. The summed E-state index contributed by atoms with van der Waals surface area (Å²) in [4.78, 5) is 1.91. The summed E-state index contributed by atoms with van der Waals surface area (Å²) in [6.45, 7) is 1.72. The van der Waals surface area contributed by atoms with E-state index in [2.05, 4.69) is 0 Å². The largest absolute Gasteiger partial charge is 0.395 e. The van der Waals surface area contributed by atoms with Crippen molar-refractivity contribution < 1.29 is 15.3 Å². The predicted molar refractivity (Wildman–Crippen MR) is 71.6 cm³/mol. The van der Waals surface area contributed by atoms with Crippen molar-refractivity contribution in [1.29, 1.82) is 0 Å². The van der Waals surface area contributed by atoms with Gasteiger partial charge in [0.05, 0.1) is 19.3 Å². The first-order valence-electron chi connectivity index (χ1n) is 6.05. The van der Waals surface area contributed by atoms with E-state index in [0.717, 1.165) is 5.56 Å². The summed E-state index contributed by atoms with van der Waals surface area (Å²) in [5.74, 6) is 0. The molecule has 0 heterocycles. The van der Waals surface area contributed by atoms with E-state index in [4.69, 9.17) is 21.8 Å². The van der Waals surface area contributed by atoms with Crippen molar-refractivity contribution in [1.82, 2.24) is 4.90 Å². The van der Waals surface area contributed by atoms with Gasteiger partial charge in [0, 0.05) is 24.7 Å². The van der Waals surface area contributed by atoms with Gasteiger partial charge < -0.3 is 15.3 Å². The molecule has 0 amide bonds. The summed E-state index contributed by atoms with van der Waals surface area (Å²) < 4.78 is 0. The molecule has 0 aromatic heterocycles. The Labute approximate surface area is 112 Å². The maximum Gasteiger partial charge on any atom is 0.0802 e. The van der Waals surface area contributed by atoms with Gasteiger partial charge in [0.1, 0.15) is 0 Å². The highest BCUT2D eigenvalue weighted by Gasteiger charge is 2.11. The SMILES string of the molecule is OCCN(CCO)CCC(O)c1cccc(Cl)c1. The minimum Gasteiger partial charge on any atom is -0.395 e. The number of aliphatic hydroxyl groups is 3. The minimum atomic E-state index is -0.580. The number of benzene rings is 1. The van der Waals surface area contributed by atoms with E-state index in [1.165, 1.54) is 0 Å². The lowest BCUT2D eigenvalue weighted by Gasteiger charge is -2.21. The van der Waals surface area contributed by atoms with Gasteiger partial charge in [0.25, 0.3) is 0 Å². The van der Waals surface area contributed by atoms with Crippen LogP contribution in [0, 0.1) is 0 Å². The van der Waals surface area contributed by atoms with Crippen LogP contribution in [0.3, 0.4) is 0 Å². The second-order valence-electron chi connectivity index (χ2n) is 4.15. The second kappa shape index (κ2) is 8.45. The van der Waals surface area contributed by atoms with E-state index >= 15 is 0 Å². The molecule has 0 bridgehead atoms. The molecule has 0 saturated carbocycles. The Hall–Kier alpha value is -0.650. The van der Waals surface area contributed by atoms with Crippen LogP contribution < -0.4 is 0 Å². The molecule has 1 aromatic rings. The number of rotatable bonds is 8. The van der Waals surface area contributed by atoms with Crippen LogP contribution >= 0.6 is 11.6 Å². The summed E-state index contributed by atoms with van der Waals surface area (Å²) >= 11 is 5.86. The summed E-state index contributed by atoms with van der Waals surface area (Å²) in [5.41, 5.74) is 0.787. The summed E-state index contributed by atoms with van der Waals surface area (Å²) in [7, 11) is 0. The zero-order valence-electron chi connectivity index (χ0n) is 10.3. The van der Waals surface area contributed by atoms with E-state index < -0.39 is 6.10 Å². The van der Waals surface area contributed by atoms with E-state index in [9.17, 15) is 5.11 Å². The normalized spacial score (nSPS) is 12.9. The lowest BCUT2D eigenvalue weighted by atomic mass is 10.1. The molecule has 0 radical (unpaired) electrons. The Bertz CT molecular complexity index is 343. The minimum absolute atomic E-state index is 0.0489.